The molecular formula is C12H10FN3O2S. The van der Waals surface area contributed by atoms with Gasteiger partial charge in [0, 0.05) is 6.20 Å². The molecule has 0 atom stereocenters. The van der Waals surface area contributed by atoms with Crippen LogP contribution in [0.25, 0.3) is 0 Å². The summed E-state index contributed by atoms with van der Waals surface area (Å²) in [5, 5.41) is 3.59. The van der Waals surface area contributed by atoms with Crippen molar-refractivity contribution in [1.82, 2.24) is 9.82 Å². The van der Waals surface area contributed by atoms with Gasteiger partial charge >= 0.3 is 0 Å². The zero-order chi connectivity index (χ0) is 13.7. The van der Waals surface area contributed by atoms with Crippen LogP contribution in [0.4, 0.5) is 4.39 Å². The highest BCUT2D eigenvalue weighted by molar-refractivity contribution is 7.89. The standard InChI is InChI=1S/C12H10FN3O2S/c13-10-4-6-12(7-5-10)19(17,18)16-15-9-11-3-1-2-8-14-11/h1-9,16H/b15-9+. The molecule has 1 aromatic heterocycles. The van der Waals surface area contributed by atoms with E-state index in [9.17, 15) is 12.8 Å². The first kappa shape index (κ1) is 13.2. The first-order valence-electron chi connectivity index (χ1n) is 5.29. The van der Waals surface area contributed by atoms with Gasteiger partial charge in [-0.25, -0.2) is 9.22 Å². The Bertz CT molecular complexity index is 670. The molecule has 0 amide bonds. The van der Waals surface area contributed by atoms with Crippen LogP contribution in [0.5, 0.6) is 0 Å². The maximum absolute atomic E-state index is 12.7. The molecule has 0 aliphatic heterocycles. The monoisotopic (exact) mass is 279 g/mol. The molecule has 1 N–H and O–H groups in total. The van der Waals surface area contributed by atoms with Crippen LogP contribution in [0.15, 0.2) is 58.7 Å². The third kappa shape index (κ3) is 3.59. The van der Waals surface area contributed by atoms with E-state index in [0.717, 1.165) is 24.3 Å². The average molecular weight is 279 g/mol. The number of rotatable bonds is 4. The lowest BCUT2D eigenvalue weighted by atomic mass is 10.4. The lowest BCUT2D eigenvalue weighted by Crippen LogP contribution is -2.18. The molecular weight excluding hydrogens is 269 g/mol. The van der Waals surface area contributed by atoms with Crippen LogP contribution in [-0.2, 0) is 10.0 Å². The maximum atomic E-state index is 12.7. The van der Waals surface area contributed by atoms with Gasteiger partial charge in [0.15, 0.2) is 0 Å². The number of hydrazone groups is 1. The summed E-state index contributed by atoms with van der Waals surface area (Å²) in [6.07, 6.45) is 2.84. The SMILES string of the molecule is O=S(=O)(N/N=C/c1ccccn1)c1ccc(F)cc1. The molecule has 5 nitrogen and oxygen atoms in total. The van der Waals surface area contributed by atoms with Crippen molar-refractivity contribution in [3.05, 3.63) is 60.2 Å². The van der Waals surface area contributed by atoms with Crippen molar-refractivity contribution in [3.8, 4) is 0 Å². The van der Waals surface area contributed by atoms with Crippen molar-refractivity contribution in [1.29, 1.82) is 0 Å². The van der Waals surface area contributed by atoms with Crippen LogP contribution in [0, 0.1) is 5.82 Å². The van der Waals surface area contributed by atoms with E-state index in [1.807, 2.05) is 4.83 Å². The number of sulfonamides is 1. The first-order chi connectivity index (χ1) is 9.08. The van der Waals surface area contributed by atoms with E-state index in [-0.39, 0.29) is 4.90 Å². The minimum Gasteiger partial charge on any atom is -0.255 e. The van der Waals surface area contributed by atoms with Crippen molar-refractivity contribution in [3.63, 3.8) is 0 Å². The Morgan fingerprint density at radius 3 is 2.53 bits per heavy atom. The number of nitrogens with zero attached hydrogens (tertiary/aromatic N) is 2. The van der Waals surface area contributed by atoms with Gasteiger partial charge in [0.2, 0.25) is 0 Å². The van der Waals surface area contributed by atoms with Gasteiger partial charge in [0.25, 0.3) is 10.0 Å². The minimum atomic E-state index is -3.79. The van der Waals surface area contributed by atoms with Crippen molar-refractivity contribution in [2.24, 2.45) is 5.10 Å². The maximum Gasteiger partial charge on any atom is 0.276 e. The van der Waals surface area contributed by atoms with Gasteiger partial charge in [-0.05, 0) is 36.4 Å². The quantitative estimate of drug-likeness (QED) is 0.681. The van der Waals surface area contributed by atoms with E-state index in [4.69, 9.17) is 0 Å². The molecule has 19 heavy (non-hydrogen) atoms. The highest BCUT2D eigenvalue weighted by atomic mass is 32.2. The third-order valence-corrected chi connectivity index (χ3v) is 3.42. The van der Waals surface area contributed by atoms with E-state index in [2.05, 4.69) is 10.1 Å². The molecule has 0 aliphatic rings. The van der Waals surface area contributed by atoms with E-state index in [1.165, 1.54) is 6.21 Å². The lowest BCUT2D eigenvalue weighted by Gasteiger charge is -2.02. The normalized spacial score (nSPS) is 11.6. The van der Waals surface area contributed by atoms with E-state index in [0.29, 0.717) is 5.69 Å². The predicted molar refractivity (Wildman–Crippen MR) is 68.6 cm³/mol. The summed E-state index contributed by atoms with van der Waals surface area (Å²) < 4.78 is 36.2. The number of pyridine rings is 1. The molecule has 0 fully saturated rings. The third-order valence-electron chi connectivity index (χ3n) is 2.18. The highest BCUT2D eigenvalue weighted by Crippen LogP contribution is 2.09. The first-order valence-corrected chi connectivity index (χ1v) is 6.78. The van der Waals surface area contributed by atoms with Crippen molar-refractivity contribution < 1.29 is 12.8 Å². The molecule has 0 bridgehead atoms. The highest BCUT2D eigenvalue weighted by Gasteiger charge is 2.12. The van der Waals surface area contributed by atoms with Gasteiger partial charge in [0.05, 0.1) is 16.8 Å². The largest absolute Gasteiger partial charge is 0.276 e. The minimum absolute atomic E-state index is 0.0629. The molecule has 2 rings (SSSR count). The van der Waals surface area contributed by atoms with E-state index in [1.54, 1.807) is 24.4 Å². The second kappa shape index (κ2) is 5.57. The topological polar surface area (TPSA) is 71.4 Å². The summed E-state index contributed by atoms with van der Waals surface area (Å²) in [4.78, 5) is 5.91. The number of hydrogen-bond acceptors (Lipinski definition) is 4. The zero-order valence-electron chi connectivity index (χ0n) is 9.69. The second-order valence-electron chi connectivity index (χ2n) is 3.56. The fraction of sp³-hybridized carbons (Fsp3) is 0. The number of halogens is 1. The fourth-order valence-corrected chi connectivity index (χ4v) is 2.07. The second-order valence-corrected chi connectivity index (χ2v) is 5.22. The Morgan fingerprint density at radius 2 is 1.89 bits per heavy atom. The average Bonchev–Trinajstić information content (AvgIpc) is 2.40. The summed E-state index contributed by atoms with van der Waals surface area (Å²) in [6, 6.07) is 9.62. The van der Waals surface area contributed by atoms with Gasteiger partial charge < -0.3 is 0 Å². The summed E-state index contributed by atoms with van der Waals surface area (Å²) >= 11 is 0. The van der Waals surface area contributed by atoms with Crippen LogP contribution < -0.4 is 4.83 Å². The van der Waals surface area contributed by atoms with Gasteiger partial charge in [-0.1, -0.05) is 6.07 Å². The molecule has 0 radical (unpaired) electrons. The lowest BCUT2D eigenvalue weighted by molar-refractivity contribution is 0.583. The molecule has 1 heterocycles. The Hall–Kier alpha value is -2.28. The molecule has 0 aliphatic carbocycles. The number of hydrogen-bond donors (Lipinski definition) is 1. The van der Waals surface area contributed by atoms with Gasteiger partial charge in [-0.3, -0.25) is 4.98 Å². The van der Waals surface area contributed by atoms with Gasteiger partial charge in [-0.15, -0.1) is 0 Å². The summed E-state index contributed by atoms with van der Waals surface area (Å²) in [6.45, 7) is 0. The van der Waals surface area contributed by atoms with Crippen LogP contribution in [-0.4, -0.2) is 19.6 Å². The molecule has 0 spiro atoms. The Morgan fingerprint density at radius 1 is 1.16 bits per heavy atom. The number of aromatic nitrogens is 1. The number of benzene rings is 1. The predicted octanol–water partition coefficient (Wildman–Crippen LogP) is 1.53. The van der Waals surface area contributed by atoms with Crippen LogP contribution in [0.2, 0.25) is 0 Å². The number of nitrogens with one attached hydrogen (secondary N) is 1. The molecule has 98 valence electrons. The van der Waals surface area contributed by atoms with Crippen molar-refractivity contribution in [2.75, 3.05) is 0 Å². The molecule has 1 aromatic carbocycles. The summed E-state index contributed by atoms with van der Waals surface area (Å²) in [5.41, 5.74) is 0.518. The molecule has 2 aromatic rings. The molecule has 7 heteroatoms. The Labute approximate surface area is 109 Å². The molecule has 0 unspecified atom stereocenters. The summed E-state index contributed by atoms with van der Waals surface area (Å²) in [5.74, 6) is -0.504. The van der Waals surface area contributed by atoms with Gasteiger partial charge in [0.1, 0.15) is 5.82 Å². The van der Waals surface area contributed by atoms with E-state index >= 15 is 0 Å². The summed E-state index contributed by atoms with van der Waals surface area (Å²) in [7, 11) is -3.79. The van der Waals surface area contributed by atoms with Crippen LogP contribution >= 0.6 is 0 Å². The van der Waals surface area contributed by atoms with E-state index < -0.39 is 15.8 Å². The van der Waals surface area contributed by atoms with Crippen molar-refractivity contribution >= 4 is 16.2 Å². The van der Waals surface area contributed by atoms with Gasteiger partial charge in [-0.2, -0.15) is 13.5 Å². The molecule has 0 saturated carbocycles. The smallest absolute Gasteiger partial charge is 0.255 e. The zero-order valence-corrected chi connectivity index (χ0v) is 10.5. The molecule has 0 saturated heterocycles. The van der Waals surface area contributed by atoms with Crippen molar-refractivity contribution in [2.45, 2.75) is 4.90 Å². The fourth-order valence-electron chi connectivity index (χ4n) is 1.28. The Balaban J connectivity index is 2.10. The Kier molecular flexibility index (Phi) is 3.86. The van der Waals surface area contributed by atoms with Crippen LogP contribution in [0.3, 0.4) is 0 Å². The van der Waals surface area contributed by atoms with Crippen LogP contribution in [0.1, 0.15) is 5.69 Å².